The van der Waals surface area contributed by atoms with Gasteiger partial charge in [0.2, 0.25) is 5.91 Å². The molecule has 1 aliphatic rings. The van der Waals surface area contributed by atoms with Crippen molar-refractivity contribution in [2.75, 3.05) is 18.9 Å². The Labute approximate surface area is 137 Å². The van der Waals surface area contributed by atoms with Gasteiger partial charge in [-0.3, -0.25) is 4.79 Å². The van der Waals surface area contributed by atoms with E-state index in [4.69, 9.17) is 4.74 Å². The van der Waals surface area contributed by atoms with Gasteiger partial charge >= 0.3 is 0 Å². The summed E-state index contributed by atoms with van der Waals surface area (Å²) in [6, 6.07) is 7.89. The zero-order valence-electron chi connectivity index (χ0n) is 12.2. The number of aromatic nitrogens is 2. The lowest BCUT2D eigenvalue weighted by Crippen LogP contribution is -2.38. The number of nitrogens with one attached hydrogen (secondary N) is 1. The number of ether oxygens (including phenoxy) is 1. The van der Waals surface area contributed by atoms with Crippen LogP contribution in [0.25, 0.3) is 0 Å². The Bertz CT molecular complexity index is 660. The molecular weight excluding hydrogens is 318 g/mol. The molecule has 0 aliphatic carbocycles. The summed E-state index contributed by atoms with van der Waals surface area (Å²) in [5.74, 6) is 1.64. The van der Waals surface area contributed by atoms with E-state index in [0.717, 1.165) is 32.8 Å². The van der Waals surface area contributed by atoms with E-state index in [-0.39, 0.29) is 11.8 Å². The molecule has 1 unspecified atom stereocenters. The van der Waals surface area contributed by atoms with Gasteiger partial charge in [-0.05, 0) is 25.0 Å². The number of rotatable bonds is 5. The first-order chi connectivity index (χ1) is 10.7. The molecular formula is C15H17N3O2S2. The summed E-state index contributed by atoms with van der Waals surface area (Å²) >= 11 is 3.19. The zero-order valence-corrected chi connectivity index (χ0v) is 13.9. The molecule has 1 N–H and O–H groups in total. The van der Waals surface area contributed by atoms with Crippen molar-refractivity contribution >= 4 is 29.0 Å². The highest BCUT2D eigenvalue weighted by Crippen LogP contribution is 2.27. The topological polar surface area (TPSA) is 64.1 Å². The number of hydrogen-bond donors (Lipinski definition) is 1. The van der Waals surface area contributed by atoms with E-state index in [1.807, 2.05) is 31.2 Å². The van der Waals surface area contributed by atoms with Crippen LogP contribution < -0.4 is 10.1 Å². The van der Waals surface area contributed by atoms with E-state index in [1.54, 1.807) is 23.1 Å². The predicted octanol–water partition coefficient (Wildman–Crippen LogP) is 2.31. The summed E-state index contributed by atoms with van der Waals surface area (Å²) in [6.07, 6.45) is 0.741. The lowest BCUT2D eigenvalue weighted by Gasteiger charge is -2.24. The van der Waals surface area contributed by atoms with Crippen LogP contribution in [0.2, 0.25) is 0 Å². The molecule has 0 spiro atoms. The second-order valence-electron chi connectivity index (χ2n) is 5.05. The molecule has 116 valence electrons. The van der Waals surface area contributed by atoms with Crippen LogP contribution in [-0.4, -0.2) is 35.0 Å². The number of thioether (sulfide) groups is 1. The Morgan fingerprint density at radius 3 is 3.14 bits per heavy atom. The van der Waals surface area contributed by atoms with Gasteiger partial charge in [-0.1, -0.05) is 41.3 Å². The highest BCUT2D eigenvalue weighted by molar-refractivity contribution is 8.01. The standard InChI is InChI=1S/C15H17N3O2S2/c1-10-17-18-15(22-10)21-7-6-16-14(19)12-8-11-4-2-3-5-13(11)20-9-12/h2-5,12H,6-9H2,1H3,(H,16,19). The lowest BCUT2D eigenvalue weighted by molar-refractivity contribution is -0.126. The number of benzene rings is 1. The smallest absolute Gasteiger partial charge is 0.226 e. The summed E-state index contributed by atoms with van der Waals surface area (Å²) in [5.41, 5.74) is 1.10. The van der Waals surface area contributed by atoms with Crippen molar-refractivity contribution < 1.29 is 9.53 Å². The van der Waals surface area contributed by atoms with E-state index < -0.39 is 0 Å². The number of para-hydroxylation sites is 1. The molecule has 22 heavy (non-hydrogen) atoms. The summed E-state index contributed by atoms with van der Waals surface area (Å²) in [5, 5.41) is 12.0. The third-order valence-corrected chi connectivity index (χ3v) is 5.36. The Morgan fingerprint density at radius 1 is 1.45 bits per heavy atom. The molecule has 3 rings (SSSR count). The summed E-state index contributed by atoms with van der Waals surface area (Å²) < 4.78 is 6.60. The van der Waals surface area contributed by atoms with Gasteiger partial charge < -0.3 is 10.1 Å². The number of nitrogens with zero attached hydrogens (tertiary/aromatic N) is 2. The molecule has 2 aromatic rings. The maximum Gasteiger partial charge on any atom is 0.226 e. The number of carbonyl (C=O) groups is 1. The molecule has 1 aliphatic heterocycles. The fourth-order valence-corrected chi connectivity index (χ4v) is 4.03. The third-order valence-electron chi connectivity index (χ3n) is 3.38. The van der Waals surface area contributed by atoms with Gasteiger partial charge in [-0.2, -0.15) is 0 Å². The maximum atomic E-state index is 12.2. The number of hydrogen-bond acceptors (Lipinski definition) is 6. The molecule has 0 bridgehead atoms. The number of aryl methyl sites for hydroxylation is 1. The first kappa shape index (κ1) is 15.3. The van der Waals surface area contributed by atoms with Crippen LogP contribution in [0.15, 0.2) is 28.6 Å². The van der Waals surface area contributed by atoms with Crippen LogP contribution in [0, 0.1) is 12.8 Å². The normalized spacial score (nSPS) is 16.7. The van der Waals surface area contributed by atoms with Crippen molar-refractivity contribution in [3.05, 3.63) is 34.8 Å². The monoisotopic (exact) mass is 335 g/mol. The second-order valence-corrected chi connectivity index (χ2v) is 7.57. The van der Waals surface area contributed by atoms with Gasteiger partial charge in [0.05, 0.1) is 5.92 Å². The van der Waals surface area contributed by atoms with E-state index >= 15 is 0 Å². The van der Waals surface area contributed by atoms with Gasteiger partial charge in [0, 0.05) is 12.3 Å². The van der Waals surface area contributed by atoms with Crippen LogP contribution in [0.4, 0.5) is 0 Å². The molecule has 0 radical (unpaired) electrons. The quantitative estimate of drug-likeness (QED) is 0.671. The van der Waals surface area contributed by atoms with E-state index in [1.165, 1.54) is 0 Å². The highest BCUT2D eigenvalue weighted by atomic mass is 32.2. The molecule has 1 aromatic carbocycles. The minimum Gasteiger partial charge on any atom is -0.492 e. The largest absolute Gasteiger partial charge is 0.492 e. The highest BCUT2D eigenvalue weighted by Gasteiger charge is 2.25. The molecule has 0 fully saturated rings. The lowest BCUT2D eigenvalue weighted by atomic mass is 9.96. The molecule has 1 atom stereocenters. The Balaban J connectivity index is 1.43. The molecule has 5 nitrogen and oxygen atoms in total. The summed E-state index contributed by atoms with van der Waals surface area (Å²) in [7, 11) is 0. The first-order valence-electron chi connectivity index (χ1n) is 7.13. The fraction of sp³-hybridized carbons (Fsp3) is 0.400. The van der Waals surface area contributed by atoms with Crippen molar-refractivity contribution in [3.8, 4) is 5.75 Å². The van der Waals surface area contributed by atoms with Gasteiger partial charge in [0.15, 0.2) is 4.34 Å². The van der Waals surface area contributed by atoms with Crippen molar-refractivity contribution in [2.24, 2.45) is 5.92 Å². The minimum atomic E-state index is -0.108. The SMILES string of the molecule is Cc1nnc(SCCNC(=O)C2COc3ccccc3C2)s1. The van der Waals surface area contributed by atoms with E-state index in [0.29, 0.717) is 13.2 Å². The molecule has 7 heteroatoms. The Hall–Kier alpha value is -1.60. The molecule has 2 heterocycles. The summed E-state index contributed by atoms with van der Waals surface area (Å²) in [6.45, 7) is 3.01. The number of amides is 1. The van der Waals surface area contributed by atoms with Crippen molar-refractivity contribution in [1.82, 2.24) is 15.5 Å². The van der Waals surface area contributed by atoms with Gasteiger partial charge in [-0.25, -0.2) is 0 Å². The first-order valence-corrected chi connectivity index (χ1v) is 8.94. The number of fused-ring (bicyclic) bond motifs is 1. The Kier molecular flexibility index (Phi) is 4.94. The molecule has 0 saturated heterocycles. The third kappa shape index (κ3) is 3.78. The van der Waals surface area contributed by atoms with Gasteiger partial charge in [0.1, 0.15) is 17.4 Å². The van der Waals surface area contributed by atoms with Gasteiger partial charge in [-0.15, -0.1) is 10.2 Å². The van der Waals surface area contributed by atoms with Crippen LogP contribution >= 0.6 is 23.1 Å². The number of carbonyl (C=O) groups excluding carboxylic acids is 1. The second kappa shape index (κ2) is 7.11. The maximum absolute atomic E-state index is 12.2. The van der Waals surface area contributed by atoms with Crippen molar-refractivity contribution in [1.29, 1.82) is 0 Å². The van der Waals surface area contributed by atoms with Crippen molar-refractivity contribution in [2.45, 2.75) is 17.7 Å². The molecule has 1 aromatic heterocycles. The average molecular weight is 335 g/mol. The van der Waals surface area contributed by atoms with Crippen LogP contribution in [0.1, 0.15) is 10.6 Å². The molecule has 1 amide bonds. The van der Waals surface area contributed by atoms with E-state index in [9.17, 15) is 4.79 Å². The zero-order chi connectivity index (χ0) is 15.4. The van der Waals surface area contributed by atoms with Crippen LogP contribution in [0.5, 0.6) is 5.75 Å². The average Bonchev–Trinajstić information content (AvgIpc) is 2.96. The predicted molar refractivity (Wildman–Crippen MR) is 87.5 cm³/mol. The van der Waals surface area contributed by atoms with Crippen molar-refractivity contribution in [3.63, 3.8) is 0 Å². The van der Waals surface area contributed by atoms with Crippen LogP contribution in [-0.2, 0) is 11.2 Å². The minimum absolute atomic E-state index is 0.0588. The fourth-order valence-electron chi connectivity index (χ4n) is 2.29. The van der Waals surface area contributed by atoms with Crippen LogP contribution in [0.3, 0.4) is 0 Å². The van der Waals surface area contributed by atoms with E-state index in [2.05, 4.69) is 15.5 Å². The van der Waals surface area contributed by atoms with Gasteiger partial charge in [0.25, 0.3) is 0 Å². The molecule has 0 saturated carbocycles. The Morgan fingerprint density at radius 2 is 2.32 bits per heavy atom. The summed E-state index contributed by atoms with van der Waals surface area (Å²) in [4.78, 5) is 12.2.